The lowest BCUT2D eigenvalue weighted by atomic mass is 10.2. The van der Waals surface area contributed by atoms with Crippen molar-refractivity contribution in [3.8, 4) is 0 Å². The van der Waals surface area contributed by atoms with E-state index in [1.807, 2.05) is 24.0 Å². The summed E-state index contributed by atoms with van der Waals surface area (Å²) in [6.45, 7) is 8.44. The van der Waals surface area contributed by atoms with Crippen molar-refractivity contribution in [1.82, 2.24) is 19.6 Å². The number of aliphatic imine (C=N–C) groups is 1. The highest BCUT2D eigenvalue weighted by Crippen LogP contribution is 2.23. The van der Waals surface area contributed by atoms with Gasteiger partial charge < -0.3 is 10.0 Å². The fourth-order valence-electron chi connectivity index (χ4n) is 2.74. The molecule has 1 aromatic rings. The maximum Gasteiger partial charge on any atom is 0.159 e. The minimum absolute atomic E-state index is 0.366. The van der Waals surface area contributed by atoms with Crippen molar-refractivity contribution >= 4 is 16.9 Å². The number of aromatic nitrogens is 2. The first-order valence-electron chi connectivity index (χ1n) is 7.54. The lowest BCUT2D eigenvalue weighted by Crippen LogP contribution is -2.50. The molecule has 0 radical (unpaired) electrons. The Morgan fingerprint density at radius 2 is 2.14 bits per heavy atom. The molecule has 0 saturated carbocycles. The van der Waals surface area contributed by atoms with Crippen LogP contribution in [0.4, 0.5) is 0 Å². The Bertz CT molecular complexity index is 470. The number of hydrogen-bond donors (Lipinski definition) is 1. The van der Waals surface area contributed by atoms with Crippen LogP contribution in [0.25, 0.3) is 0 Å². The predicted octanol–water partition coefficient (Wildman–Crippen LogP) is 0.353. The summed E-state index contributed by atoms with van der Waals surface area (Å²) in [7, 11) is 0. The van der Waals surface area contributed by atoms with Crippen LogP contribution in [-0.4, -0.2) is 80.5 Å². The van der Waals surface area contributed by atoms with Crippen molar-refractivity contribution in [2.75, 3.05) is 39.3 Å². The Morgan fingerprint density at radius 3 is 2.76 bits per heavy atom. The molecular weight excluding hydrogens is 286 g/mol. The highest BCUT2D eigenvalue weighted by Gasteiger charge is 2.25. The van der Waals surface area contributed by atoms with Crippen molar-refractivity contribution < 1.29 is 5.11 Å². The fraction of sp³-hybridized carbons (Fsp3) is 0.714. The zero-order valence-electron chi connectivity index (χ0n) is 12.4. The number of thioether (sulfide) groups is 1. The summed E-state index contributed by atoms with van der Waals surface area (Å²) in [5, 5.41) is 16.1. The Labute approximate surface area is 129 Å². The van der Waals surface area contributed by atoms with Gasteiger partial charge in [0.05, 0.1) is 19.2 Å². The van der Waals surface area contributed by atoms with Gasteiger partial charge in [0.15, 0.2) is 5.17 Å². The van der Waals surface area contributed by atoms with Gasteiger partial charge in [-0.1, -0.05) is 18.7 Å². The monoisotopic (exact) mass is 309 g/mol. The minimum Gasteiger partial charge on any atom is -0.390 e. The van der Waals surface area contributed by atoms with E-state index in [-0.39, 0.29) is 6.10 Å². The molecule has 2 atom stereocenters. The van der Waals surface area contributed by atoms with E-state index in [0.29, 0.717) is 18.3 Å². The van der Waals surface area contributed by atoms with E-state index in [9.17, 15) is 5.11 Å². The van der Waals surface area contributed by atoms with Crippen LogP contribution in [0.2, 0.25) is 0 Å². The maximum atomic E-state index is 10.1. The van der Waals surface area contributed by atoms with Crippen molar-refractivity contribution in [2.45, 2.75) is 24.8 Å². The number of hydrogen-bond acceptors (Lipinski definition) is 6. The molecule has 0 spiro atoms. The van der Waals surface area contributed by atoms with E-state index in [4.69, 9.17) is 0 Å². The predicted molar refractivity (Wildman–Crippen MR) is 85.6 cm³/mol. The molecule has 3 heterocycles. The van der Waals surface area contributed by atoms with Crippen LogP contribution in [0.1, 0.15) is 6.92 Å². The fourth-order valence-corrected chi connectivity index (χ4v) is 3.73. The highest BCUT2D eigenvalue weighted by atomic mass is 32.2. The normalized spacial score (nSPS) is 25.1. The van der Waals surface area contributed by atoms with Crippen molar-refractivity contribution in [1.29, 1.82) is 0 Å². The average Bonchev–Trinajstić information content (AvgIpc) is 3.11. The topological polar surface area (TPSA) is 56.9 Å². The molecule has 21 heavy (non-hydrogen) atoms. The lowest BCUT2D eigenvalue weighted by Gasteiger charge is -2.36. The van der Waals surface area contributed by atoms with Crippen LogP contribution in [0, 0.1) is 0 Å². The van der Waals surface area contributed by atoms with E-state index in [1.165, 1.54) is 5.17 Å². The van der Waals surface area contributed by atoms with Crippen LogP contribution in [0.3, 0.4) is 0 Å². The average molecular weight is 309 g/mol. The second kappa shape index (κ2) is 6.81. The second-order valence-electron chi connectivity index (χ2n) is 5.72. The van der Waals surface area contributed by atoms with E-state index >= 15 is 0 Å². The summed E-state index contributed by atoms with van der Waals surface area (Å²) < 4.78 is 1.78. The van der Waals surface area contributed by atoms with Gasteiger partial charge in [-0.05, 0) is 6.07 Å². The first kappa shape index (κ1) is 14.9. The van der Waals surface area contributed by atoms with Gasteiger partial charge >= 0.3 is 0 Å². The number of rotatable bonds is 4. The smallest absolute Gasteiger partial charge is 0.159 e. The van der Waals surface area contributed by atoms with Gasteiger partial charge in [0.25, 0.3) is 0 Å². The Balaban J connectivity index is 1.41. The van der Waals surface area contributed by atoms with Gasteiger partial charge in [-0.3, -0.25) is 14.6 Å². The largest absolute Gasteiger partial charge is 0.390 e. The summed E-state index contributed by atoms with van der Waals surface area (Å²) >= 11 is 1.89. The number of aliphatic hydroxyl groups excluding tert-OH is 1. The van der Waals surface area contributed by atoms with Crippen LogP contribution in [-0.2, 0) is 6.54 Å². The third kappa shape index (κ3) is 3.99. The first-order chi connectivity index (χ1) is 10.2. The molecule has 0 amide bonds. The number of β-amino-alcohol motifs (C(OH)–C–C–N with tert-alkyl or cyclic N) is 1. The van der Waals surface area contributed by atoms with Crippen LogP contribution in [0.15, 0.2) is 23.5 Å². The third-order valence-corrected chi connectivity index (χ3v) is 5.01. The molecule has 1 saturated heterocycles. The van der Waals surface area contributed by atoms with Crippen LogP contribution >= 0.6 is 11.8 Å². The van der Waals surface area contributed by atoms with E-state index in [1.54, 1.807) is 10.9 Å². The summed E-state index contributed by atoms with van der Waals surface area (Å²) in [5.41, 5.74) is 0. The number of amidine groups is 1. The molecule has 1 aromatic heterocycles. The Morgan fingerprint density at radius 1 is 1.33 bits per heavy atom. The number of nitrogens with zero attached hydrogens (tertiary/aromatic N) is 5. The SMILES string of the molecule is C[C@@H]1CN=C(N2CCN(C[C@@H](O)Cn3cccn3)CC2)S1. The van der Waals surface area contributed by atoms with Crippen LogP contribution < -0.4 is 0 Å². The molecule has 0 bridgehead atoms. The van der Waals surface area contributed by atoms with Gasteiger partial charge in [-0.2, -0.15) is 5.10 Å². The maximum absolute atomic E-state index is 10.1. The van der Waals surface area contributed by atoms with Gasteiger partial charge in [0, 0.05) is 50.4 Å². The number of aliphatic hydroxyl groups is 1. The third-order valence-electron chi connectivity index (χ3n) is 3.86. The van der Waals surface area contributed by atoms with Gasteiger partial charge in [0.1, 0.15) is 0 Å². The highest BCUT2D eigenvalue weighted by molar-refractivity contribution is 8.14. The molecule has 0 aliphatic carbocycles. The molecule has 2 aliphatic heterocycles. The molecule has 2 aliphatic rings. The molecule has 7 heteroatoms. The zero-order chi connectivity index (χ0) is 14.7. The first-order valence-corrected chi connectivity index (χ1v) is 8.42. The summed E-state index contributed by atoms with van der Waals surface area (Å²) in [6, 6.07) is 1.88. The van der Waals surface area contributed by atoms with Gasteiger partial charge in [-0.25, -0.2) is 0 Å². The quantitative estimate of drug-likeness (QED) is 0.870. The van der Waals surface area contributed by atoms with Crippen molar-refractivity contribution in [2.24, 2.45) is 4.99 Å². The molecule has 0 unspecified atom stereocenters. The lowest BCUT2D eigenvalue weighted by molar-refractivity contribution is 0.0769. The molecule has 1 fully saturated rings. The molecule has 1 N–H and O–H groups in total. The molecular formula is C14H23N5OS. The van der Waals surface area contributed by atoms with Crippen molar-refractivity contribution in [3.63, 3.8) is 0 Å². The van der Waals surface area contributed by atoms with E-state index in [0.717, 1.165) is 32.7 Å². The summed E-state index contributed by atoms with van der Waals surface area (Å²) in [6.07, 6.45) is 3.26. The molecule has 6 nitrogen and oxygen atoms in total. The van der Waals surface area contributed by atoms with E-state index in [2.05, 4.69) is 26.8 Å². The summed E-state index contributed by atoms with van der Waals surface area (Å²) in [4.78, 5) is 9.31. The number of piperazine rings is 1. The van der Waals surface area contributed by atoms with Crippen molar-refractivity contribution in [3.05, 3.63) is 18.5 Å². The summed E-state index contributed by atoms with van der Waals surface area (Å²) in [5.74, 6) is 0. The van der Waals surface area contributed by atoms with Gasteiger partial charge in [-0.15, -0.1) is 0 Å². The molecule has 3 rings (SSSR count). The van der Waals surface area contributed by atoms with Crippen LogP contribution in [0.5, 0.6) is 0 Å². The standard InChI is InChI=1S/C14H23N5OS/c1-12-9-15-14(21-12)18-7-5-17(6-8-18)10-13(20)11-19-4-2-3-16-19/h2-4,12-13,20H,5-11H2,1H3/t12-,13-/m1/s1. The zero-order valence-corrected chi connectivity index (χ0v) is 13.2. The molecule has 0 aromatic carbocycles. The van der Waals surface area contributed by atoms with E-state index < -0.39 is 0 Å². The Hall–Kier alpha value is -1.05. The minimum atomic E-state index is -0.366. The second-order valence-corrected chi connectivity index (χ2v) is 7.13. The molecule has 116 valence electrons. The Kier molecular flexibility index (Phi) is 4.82. The van der Waals surface area contributed by atoms with Gasteiger partial charge in [0.2, 0.25) is 0 Å².